The van der Waals surface area contributed by atoms with E-state index in [1.807, 2.05) is 0 Å². The van der Waals surface area contributed by atoms with Gasteiger partial charge in [-0.05, 0) is 55.7 Å². The molecule has 4 rings (SSSR count). The third-order valence-corrected chi connectivity index (χ3v) is 4.78. The third-order valence-electron chi connectivity index (χ3n) is 4.78. The van der Waals surface area contributed by atoms with E-state index < -0.39 is 11.6 Å². The number of rotatable bonds is 3. The Bertz CT molecular complexity index is 995. The normalized spacial score (nSPS) is 18.4. The number of fused-ring (bicyclic) bond motifs is 1. The van der Waals surface area contributed by atoms with Crippen molar-refractivity contribution in [2.45, 2.75) is 25.3 Å². The Morgan fingerprint density at radius 3 is 2.64 bits per heavy atom. The SMILES string of the molecule is Cl.Cl.NC1CCC(C(=O)Nc2ccc3nc(-c4cc(F)ccc4F)[nH]c3c2)C1. The van der Waals surface area contributed by atoms with Gasteiger partial charge in [0, 0.05) is 17.6 Å². The van der Waals surface area contributed by atoms with Gasteiger partial charge in [0.25, 0.3) is 0 Å². The summed E-state index contributed by atoms with van der Waals surface area (Å²) in [5.74, 6) is -0.976. The molecule has 1 amide bonds. The Balaban J connectivity index is 0.00000140. The number of nitrogens with two attached hydrogens (primary N) is 1. The van der Waals surface area contributed by atoms with Crippen molar-refractivity contribution in [3.63, 3.8) is 0 Å². The van der Waals surface area contributed by atoms with E-state index in [0.717, 1.165) is 31.0 Å². The minimum absolute atomic E-state index is 0. The number of hydrogen-bond acceptors (Lipinski definition) is 3. The predicted molar refractivity (Wildman–Crippen MR) is 110 cm³/mol. The summed E-state index contributed by atoms with van der Waals surface area (Å²) >= 11 is 0. The van der Waals surface area contributed by atoms with Crippen molar-refractivity contribution in [3.8, 4) is 11.4 Å². The molecule has 2 atom stereocenters. The zero-order valence-electron chi connectivity index (χ0n) is 14.7. The molecular formula is C19H20Cl2F2N4O. The largest absolute Gasteiger partial charge is 0.338 e. The van der Waals surface area contributed by atoms with Crippen molar-refractivity contribution in [2.75, 3.05) is 5.32 Å². The quantitative estimate of drug-likeness (QED) is 0.577. The van der Waals surface area contributed by atoms with Crippen LogP contribution >= 0.6 is 24.8 Å². The molecular weight excluding hydrogens is 409 g/mol. The Hall–Kier alpha value is -2.22. The van der Waals surface area contributed by atoms with E-state index >= 15 is 0 Å². The van der Waals surface area contributed by atoms with Crippen LogP contribution in [0.4, 0.5) is 14.5 Å². The van der Waals surface area contributed by atoms with Crippen LogP contribution in [-0.2, 0) is 4.79 Å². The fraction of sp³-hybridized carbons (Fsp3) is 0.263. The molecule has 4 N–H and O–H groups in total. The summed E-state index contributed by atoms with van der Waals surface area (Å²) in [6, 6.07) is 8.50. The van der Waals surface area contributed by atoms with Crippen LogP contribution in [0.25, 0.3) is 22.4 Å². The van der Waals surface area contributed by atoms with Gasteiger partial charge >= 0.3 is 0 Å². The van der Waals surface area contributed by atoms with Crippen LogP contribution in [-0.4, -0.2) is 21.9 Å². The molecule has 0 spiro atoms. The Morgan fingerprint density at radius 2 is 1.93 bits per heavy atom. The lowest BCUT2D eigenvalue weighted by atomic mass is 10.1. The first-order valence-corrected chi connectivity index (χ1v) is 8.51. The van der Waals surface area contributed by atoms with Crippen LogP contribution in [0.5, 0.6) is 0 Å². The number of carbonyl (C=O) groups excluding carboxylic acids is 1. The number of nitrogens with one attached hydrogen (secondary N) is 2. The Labute approximate surface area is 172 Å². The second kappa shape index (κ2) is 8.86. The maximum atomic E-state index is 13.9. The first-order valence-electron chi connectivity index (χ1n) is 8.51. The molecule has 3 aromatic rings. The lowest BCUT2D eigenvalue weighted by Gasteiger charge is -2.10. The molecule has 1 saturated carbocycles. The van der Waals surface area contributed by atoms with Gasteiger partial charge in [-0.15, -0.1) is 24.8 Å². The highest BCUT2D eigenvalue weighted by Crippen LogP contribution is 2.28. The molecule has 150 valence electrons. The van der Waals surface area contributed by atoms with Gasteiger partial charge in [-0.3, -0.25) is 4.79 Å². The number of H-pyrrole nitrogens is 1. The Morgan fingerprint density at radius 1 is 1.14 bits per heavy atom. The molecule has 28 heavy (non-hydrogen) atoms. The second-order valence-electron chi connectivity index (χ2n) is 6.70. The van der Waals surface area contributed by atoms with Crippen LogP contribution in [0.15, 0.2) is 36.4 Å². The zero-order valence-corrected chi connectivity index (χ0v) is 16.4. The minimum atomic E-state index is -0.559. The summed E-state index contributed by atoms with van der Waals surface area (Å²) in [7, 11) is 0. The first-order chi connectivity index (χ1) is 12.5. The number of anilines is 1. The van der Waals surface area contributed by atoms with Crippen molar-refractivity contribution < 1.29 is 13.6 Å². The highest BCUT2D eigenvalue weighted by atomic mass is 35.5. The monoisotopic (exact) mass is 428 g/mol. The summed E-state index contributed by atoms with van der Waals surface area (Å²) in [5, 5.41) is 2.89. The van der Waals surface area contributed by atoms with E-state index in [1.165, 1.54) is 0 Å². The molecule has 1 aliphatic carbocycles. The van der Waals surface area contributed by atoms with Gasteiger partial charge < -0.3 is 16.0 Å². The molecule has 2 aromatic carbocycles. The van der Waals surface area contributed by atoms with Gasteiger partial charge in [0.1, 0.15) is 17.5 Å². The second-order valence-corrected chi connectivity index (χ2v) is 6.70. The summed E-state index contributed by atoms with van der Waals surface area (Å²) in [4.78, 5) is 19.6. The van der Waals surface area contributed by atoms with Gasteiger partial charge in [0.05, 0.1) is 16.6 Å². The highest BCUT2D eigenvalue weighted by molar-refractivity contribution is 5.95. The van der Waals surface area contributed by atoms with Crippen LogP contribution in [0.1, 0.15) is 19.3 Å². The smallest absolute Gasteiger partial charge is 0.227 e. The van der Waals surface area contributed by atoms with Crippen molar-refractivity contribution in [1.29, 1.82) is 0 Å². The van der Waals surface area contributed by atoms with Crippen LogP contribution in [0, 0.1) is 17.6 Å². The number of nitrogens with zero attached hydrogens (tertiary/aromatic N) is 1. The molecule has 0 saturated heterocycles. The number of aromatic amines is 1. The van der Waals surface area contributed by atoms with Crippen LogP contribution in [0.2, 0.25) is 0 Å². The summed E-state index contributed by atoms with van der Waals surface area (Å²) in [6.45, 7) is 0. The molecule has 1 heterocycles. The number of benzene rings is 2. The summed E-state index contributed by atoms with van der Waals surface area (Å²) in [6.07, 6.45) is 2.35. The molecule has 0 bridgehead atoms. The summed E-state index contributed by atoms with van der Waals surface area (Å²) in [5.41, 5.74) is 7.78. The van der Waals surface area contributed by atoms with Crippen molar-refractivity contribution in [3.05, 3.63) is 48.0 Å². The molecule has 1 fully saturated rings. The van der Waals surface area contributed by atoms with Crippen molar-refractivity contribution >= 4 is 47.4 Å². The number of amides is 1. The van der Waals surface area contributed by atoms with Crippen molar-refractivity contribution in [2.24, 2.45) is 11.7 Å². The van der Waals surface area contributed by atoms with Crippen molar-refractivity contribution in [1.82, 2.24) is 9.97 Å². The topological polar surface area (TPSA) is 83.8 Å². The molecule has 2 unspecified atom stereocenters. The van der Waals surface area contributed by atoms with Crippen LogP contribution < -0.4 is 11.1 Å². The molecule has 0 radical (unpaired) electrons. The molecule has 5 nitrogen and oxygen atoms in total. The first kappa shape index (κ1) is 22.1. The van der Waals surface area contributed by atoms with E-state index in [-0.39, 0.29) is 54.1 Å². The molecule has 1 aromatic heterocycles. The van der Waals surface area contributed by atoms with E-state index in [9.17, 15) is 13.6 Å². The van der Waals surface area contributed by atoms with Gasteiger partial charge in [-0.2, -0.15) is 0 Å². The molecule has 0 aliphatic heterocycles. The fourth-order valence-electron chi connectivity index (χ4n) is 3.39. The van der Waals surface area contributed by atoms with Gasteiger partial charge in [-0.25, -0.2) is 13.8 Å². The average Bonchev–Trinajstić information content (AvgIpc) is 3.22. The minimum Gasteiger partial charge on any atom is -0.338 e. The predicted octanol–water partition coefficient (Wildman–Crippen LogP) is 4.42. The summed E-state index contributed by atoms with van der Waals surface area (Å²) < 4.78 is 27.4. The lowest BCUT2D eigenvalue weighted by molar-refractivity contribution is -0.119. The maximum absolute atomic E-state index is 13.9. The van der Waals surface area contributed by atoms with E-state index in [1.54, 1.807) is 18.2 Å². The molecule has 9 heteroatoms. The third kappa shape index (κ3) is 4.43. The van der Waals surface area contributed by atoms with Crippen LogP contribution in [0.3, 0.4) is 0 Å². The lowest BCUT2D eigenvalue weighted by Crippen LogP contribution is -2.23. The Kier molecular flexibility index (Phi) is 6.98. The fourth-order valence-corrected chi connectivity index (χ4v) is 3.39. The average molecular weight is 429 g/mol. The van der Waals surface area contributed by atoms with Gasteiger partial charge in [0.2, 0.25) is 5.91 Å². The number of halogens is 4. The van der Waals surface area contributed by atoms with E-state index in [2.05, 4.69) is 15.3 Å². The number of carbonyl (C=O) groups is 1. The number of aromatic nitrogens is 2. The number of imidazole rings is 1. The zero-order chi connectivity index (χ0) is 18.3. The highest BCUT2D eigenvalue weighted by Gasteiger charge is 2.27. The van der Waals surface area contributed by atoms with E-state index in [4.69, 9.17) is 5.73 Å². The standard InChI is InChI=1S/C19H18F2N4O.2ClH/c20-11-2-5-15(21)14(8-11)18-24-16-6-4-13(9-17(16)25-18)23-19(26)10-1-3-12(22)7-10;;/h2,4-6,8-10,12H,1,3,7,22H2,(H,23,26)(H,24,25);2*1H. The van der Waals surface area contributed by atoms with Gasteiger partial charge in [-0.1, -0.05) is 0 Å². The maximum Gasteiger partial charge on any atom is 0.227 e. The van der Waals surface area contributed by atoms with E-state index in [0.29, 0.717) is 23.1 Å². The molecule has 1 aliphatic rings. The number of hydrogen-bond donors (Lipinski definition) is 3. The van der Waals surface area contributed by atoms with Gasteiger partial charge in [0.15, 0.2) is 0 Å².